The molecule has 0 unspecified atom stereocenters. The second-order valence-corrected chi connectivity index (χ2v) is 5.26. The fourth-order valence-electron chi connectivity index (χ4n) is 2.68. The van der Waals surface area contributed by atoms with Crippen molar-refractivity contribution in [2.24, 2.45) is 0 Å². The molecule has 5 nitrogen and oxygen atoms in total. The molecule has 1 aliphatic rings. The zero-order valence-electron chi connectivity index (χ0n) is 12.2. The highest BCUT2D eigenvalue weighted by Crippen LogP contribution is 2.31. The number of rotatable bonds is 2. The molecular weight excluding hydrogens is 294 g/mol. The van der Waals surface area contributed by atoms with Crippen molar-refractivity contribution in [2.45, 2.75) is 0 Å². The van der Waals surface area contributed by atoms with Crippen LogP contribution in [0.15, 0.2) is 53.5 Å². The van der Waals surface area contributed by atoms with E-state index in [4.69, 9.17) is 9.47 Å². The molecule has 5 heteroatoms. The number of para-hydroxylation sites is 1. The van der Waals surface area contributed by atoms with Crippen molar-refractivity contribution >= 4 is 16.7 Å². The van der Waals surface area contributed by atoms with Crippen molar-refractivity contribution in [3.8, 4) is 11.5 Å². The van der Waals surface area contributed by atoms with Gasteiger partial charge in [-0.05, 0) is 30.3 Å². The molecule has 0 fully saturated rings. The highest BCUT2D eigenvalue weighted by molar-refractivity contribution is 6.10. The Morgan fingerprint density at radius 2 is 1.78 bits per heavy atom. The van der Waals surface area contributed by atoms with E-state index in [0.29, 0.717) is 41.2 Å². The van der Waals surface area contributed by atoms with E-state index in [1.54, 1.807) is 36.4 Å². The Morgan fingerprint density at radius 3 is 2.65 bits per heavy atom. The molecule has 3 aromatic rings. The fraction of sp³-hybridized carbons (Fsp3) is 0.111. The van der Waals surface area contributed by atoms with Crippen molar-refractivity contribution in [2.75, 3.05) is 13.2 Å². The van der Waals surface area contributed by atoms with Gasteiger partial charge in [-0.1, -0.05) is 12.1 Å². The van der Waals surface area contributed by atoms with Gasteiger partial charge in [0.05, 0.1) is 5.56 Å². The Kier molecular flexibility index (Phi) is 3.12. The fourth-order valence-corrected chi connectivity index (χ4v) is 2.68. The van der Waals surface area contributed by atoms with Crippen LogP contribution < -0.4 is 14.9 Å². The number of ether oxygens (including phenoxy) is 2. The summed E-state index contributed by atoms with van der Waals surface area (Å²) in [6, 6.07) is 12.1. The van der Waals surface area contributed by atoms with Crippen LogP contribution >= 0.6 is 0 Å². The molecule has 0 saturated carbocycles. The number of benzene rings is 2. The van der Waals surface area contributed by atoms with Gasteiger partial charge >= 0.3 is 0 Å². The van der Waals surface area contributed by atoms with Gasteiger partial charge in [0.25, 0.3) is 0 Å². The number of fused-ring (bicyclic) bond motifs is 2. The highest BCUT2D eigenvalue weighted by Gasteiger charge is 2.18. The SMILES string of the molecule is O=C(c1ccc2c(c1)OCCO2)c1c[nH]c2ccccc2c1=O. The van der Waals surface area contributed by atoms with Gasteiger partial charge in [-0.2, -0.15) is 0 Å². The van der Waals surface area contributed by atoms with Crippen LogP contribution in [0, 0.1) is 0 Å². The summed E-state index contributed by atoms with van der Waals surface area (Å²) in [6.07, 6.45) is 1.46. The number of aromatic nitrogens is 1. The van der Waals surface area contributed by atoms with Crippen LogP contribution in [0.3, 0.4) is 0 Å². The maximum Gasteiger partial charge on any atom is 0.200 e. The first-order valence-electron chi connectivity index (χ1n) is 7.29. The summed E-state index contributed by atoms with van der Waals surface area (Å²) in [5.74, 6) is 0.800. The standard InChI is InChI=1S/C18H13NO4/c20-17(11-5-6-15-16(9-11)23-8-7-22-15)13-10-19-14-4-2-1-3-12(14)18(13)21/h1-6,9-10H,7-8H2,(H,19,21). The van der Waals surface area contributed by atoms with Crippen LogP contribution in [0.4, 0.5) is 0 Å². The summed E-state index contributed by atoms with van der Waals surface area (Å²) in [5.41, 5.74) is 0.936. The first kappa shape index (κ1) is 13.6. The summed E-state index contributed by atoms with van der Waals surface area (Å²) in [7, 11) is 0. The highest BCUT2D eigenvalue weighted by atomic mass is 16.6. The smallest absolute Gasteiger partial charge is 0.200 e. The Labute approximate surface area is 131 Å². The summed E-state index contributed by atoms with van der Waals surface area (Å²) in [5, 5.41) is 0.496. The number of carbonyl (C=O) groups excluding carboxylic acids is 1. The third-order valence-corrected chi connectivity index (χ3v) is 3.84. The molecule has 0 spiro atoms. The molecule has 23 heavy (non-hydrogen) atoms. The molecule has 0 amide bonds. The van der Waals surface area contributed by atoms with Gasteiger partial charge in [-0.15, -0.1) is 0 Å². The molecule has 4 rings (SSSR count). The van der Waals surface area contributed by atoms with Gasteiger partial charge in [-0.25, -0.2) is 0 Å². The van der Waals surface area contributed by atoms with E-state index in [2.05, 4.69) is 4.98 Å². The predicted octanol–water partition coefficient (Wildman–Crippen LogP) is 2.53. The van der Waals surface area contributed by atoms with Crippen LogP contribution in [0.1, 0.15) is 15.9 Å². The van der Waals surface area contributed by atoms with Crippen LogP contribution in [0.25, 0.3) is 10.9 Å². The molecule has 2 heterocycles. The molecule has 1 aromatic heterocycles. The molecule has 0 bridgehead atoms. The van der Waals surface area contributed by atoms with Crippen molar-refractivity contribution in [1.29, 1.82) is 0 Å². The van der Waals surface area contributed by atoms with Crippen LogP contribution in [-0.2, 0) is 0 Å². The predicted molar refractivity (Wildman–Crippen MR) is 85.4 cm³/mol. The Hall–Kier alpha value is -3.08. The molecule has 1 aliphatic heterocycles. The monoisotopic (exact) mass is 307 g/mol. The third kappa shape index (κ3) is 2.26. The average molecular weight is 307 g/mol. The molecule has 114 valence electrons. The van der Waals surface area contributed by atoms with E-state index in [1.165, 1.54) is 6.20 Å². The van der Waals surface area contributed by atoms with E-state index in [-0.39, 0.29) is 16.8 Å². The van der Waals surface area contributed by atoms with Crippen molar-refractivity contribution in [3.05, 3.63) is 70.0 Å². The van der Waals surface area contributed by atoms with Crippen molar-refractivity contribution in [1.82, 2.24) is 4.98 Å². The molecule has 2 aromatic carbocycles. The van der Waals surface area contributed by atoms with Crippen molar-refractivity contribution in [3.63, 3.8) is 0 Å². The lowest BCUT2D eigenvalue weighted by molar-refractivity contribution is 0.103. The maximum atomic E-state index is 12.7. The van der Waals surface area contributed by atoms with E-state index < -0.39 is 0 Å². The lowest BCUT2D eigenvalue weighted by atomic mass is 10.0. The lowest BCUT2D eigenvalue weighted by Gasteiger charge is -2.18. The van der Waals surface area contributed by atoms with Crippen LogP contribution in [-0.4, -0.2) is 24.0 Å². The minimum Gasteiger partial charge on any atom is -0.486 e. The summed E-state index contributed by atoms with van der Waals surface area (Å²) in [6.45, 7) is 0.936. The van der Waals surface area contributed by atoms with E-state index in [0.717, 1.165) is 0 Å². The number of nitrogens with one attached hydrogen (secondary N) is 1. The van der Waals surface area contributed by atoms with E-state index in [1.807, 2.05) is 6.07 Å². The summed E-state index contributed by atoms with van der Waals surface area (Å²) < 4.78 is 10.9. The molecule has 0 saturated heterocycles. The minimum atomic E-state index is -0.339. The minimum absolute atomic E-state index is 0.111. The Balaban J connectivity index is 1.80. The number of ketones is 1. The van der Waals surface area contributed by atoms with Gasteiger partial charge < -0.3 is 14.5 Å². The largest absolute Gasteiger partial charge is 0.486 e. The number of hydrogen-bond donors (Lipinski definition) is 1. The van der Waals surface area contributed by atoms with E-state index >= 15 is 0 Å². The van der Waals surface area contributed by atoms with Crippen LogP contribution in [0.5, 0.6) is 11.5 Å². The maximum absolute atomic E-state index is 12.7. The van der Waals surface area contributed by atoms with Crippen molar-refractivity contribution < 1.29 is 14.3 Å². The number of carbonyl (C=O) groups is 1. The van der Waals surface area contributed by atoms with Gasteiger partial charge in [-0.3, -0.25) is 9.59 Å². The Bertz CT molecular complexity index is 974. The zero-order valence-corrected chi connectivity index (χ0v) is 12.2. The second-order valence-electron chi connectivity index (χ2n) is 5.26. The molecule has 0 radical (unpaired) electrons. The molecule has 0 aliphatic carbocycles. The Morgan fingerprint density at radius 1 is 1.00 bits per heavy atom. The zero-order chi connectivity index (χ0) is 15.8. The first-order chi connectivity index (χ1) is 11.2. The lowest BCUT2D eigenvalue weighted by Crippen LogP contribution is -2.18. The molecule has 0 atom stereocenters. The summed E-state index contributed by atoms with van der Waals surface area (Å²) >= 11 is 0. The normalized spacial score (nSPS) is 13.0. The molecule has 1 N–H and O–H groups in total. The van der Waals surface area contributed by atoms with Gasteiger partial charge in [0.1, 0.15) is 13.2 Å². The van der Waals surface area contributed by atoms with Gasteiger partial charge in [0, 0.05) is 22.7 Å². The number of H-pyrrole nitrogens is 1. The molecular formula is C18H13NO4. The number of hydrogen-bond acceptors (Lipinski definition) is 4. The second kappa shape index (κ2) is 5.28. The number of aromatic amines is 1. The third-order valence-electron chi connectivity index (χ3n) is 3.84. The van der Waals surface area contributed by atoms with Crippen LogP contribution in [0.2, 0.25) is 0 Å². The topological polar surface area (TPSA) is 68.4 Å². The van der Waals surface area contributed by atoms with Gasteiger partial charge in [0.2, 0.25) is 5.43 Å². The van der Waals surface area contributed by atoms with Gasteiger partial charge in [0.15, 0.2) is 17.3 Å². The summed E-state index contributed by atoms with van der Waals surface area (Å²) in [4.78, 5) is 28.2. The van der Waals surface area contributed by atoms with E-state index in [9.17, 15) is 9.59 Å². The number of pyridine rings is 1. The quantitative estimate of drug-likeness (QED) is 0.739. The first-order valence-corrected chi connectivity index (χ1v) is 7.29. The average Bonchev–Trinajstić information content (AvgIpc) is 2.61.